The Morgan fingerprint density at radius 1 is 1.44 bits per heavy atom. The van der Waals surface area contributed by atoms with E-state index in [1.807, 2.05) is 12.1 Å². The summed E-state index contributed by atoms with van der Waals surface area (Å²) in [4.78, 5) is 18.0. The molecule has 2 rings (SSSR count). The smallest absolute Gasteiger partial charge is 0.254 e. The van der Waals surface area contributed by atoms with Gasteiger partial charge in [-0.2, -0.15) is 0 Å². The van der Waals surface area contributed by atoms with E-state index in [4.69, 9.17) is 10.5 Å². The monoisotopic (exact) mass is 309 g/mol. The Kier molecular flexibility index (Phi) is 3.78. The van der Waals surface area contributed by atoms with Crippen LogP contribution in [0.1, 0.15) is 11.4 Å². The molecule has 0 aliphatic carbocycles. The molecule has 0 spiro atoms. The van der Waals surface area contributed by atoms with Crippen LogP contribution in [0.2, 0.25) is 0 Å². The van der Waals surface area contributed by atoms with E-state index in [1.54, 1.807) is 13.0 Å². The summed E-state index contributed by atoms with van der Waals surface area (Å²) in [6, 6.07) is 6.80. The number of nitrogens with two attached hydrogens (primary N) is 1. The summed E-state index contributed by atoms with van der Waals surface area (Å²) in [7, 11) is 0. The predicted octanol–water partition coefficient (Wildman–Crippen LogP) is 2.09. The average molecular weight is 310 g/mol. The fourth-order valence-corrected chi connectivity index (χ4v) is 1.93. The van der Waals surface area contributed by atoms with Gasteiger partial charge in [-0.3, -0.25) is 4.79 Å². The van der Waals surface area contributed by atoms with E-state index in [2.05, 4.69) is 25.9 Å². The molecule has 1 heterocycles. The Morgan fingerprint density at radius 3 is 2.89 bits per heavy atom. The lowest BCUT2D eigenvalue weighted by molar-refractivity contribution is 0.453. The van der Waals surface area contributed by atoms with Crippen LogP contribution in [0.25, 0.3) is 0 Å². The first-order chi connectivity index (χ1) is 8.58. The second-order valence-corrected chi connectivity index (χ2v) is 4.64. The number of nitrogens with one attached hydrogen (secondary N) is 1. The molecule has 5 nitrogen and oxygen atoms in total. The molecule has 0 amide bonds. The van der Waals surface area contributed by atoms with Crippen molar-refractivity contribution in [2.75, 3.05) is 0 Å². The predicted molar refractivity (Wildman–Crippen MR) is 71.7 cm³/mol. The second-order valence-electron chi connectivity index (χ2n) is 3.73. The molecule has 6 heteroatoms. The average Bonchev–Trinajstić information content (AvgIpc) is 2.30. The highest BCUT2D eigenvalue weighted by molar-refractivity contribution is 9.10. The summed E-state index contributed by atoms with van der Waals surface area (Å²) in [5.74, 6) is 1.36. The molecule has 0 aliphatic rings. The van der Waals surface area contributed by atoms with Gasteiger partial charge < -0.3 is 15.5 Å². The third-order valence-electron chi connectivity index (χ3n) is 2.29. The van der Waals surface area contributed by atoms with Crippen LogP contribution in [-0.2, 0) is 6.54 Å². The van der Waals surface area contributed by atoms with E-state index in [0.717, 1.165) is 10.0 Å². The number of aryl methyl sites for hydroxylation is 1. The Bertz CT molecular complexity index is 625. The number of ether oxygens (including phenoxy) is 1. The van der Waals surface area contributed by atoms with E-state index in [-0.39, 0.29) is 11.4 Å². The highest BCUT2D eigenvalue weighted by Gasteiger charge is 2.06. The van der Waals surface area contributed by atoms with Gasteiger partial charge in [-0.05, 0) is 25.1 Å². The maximum absolute atomic E-state index is 11.3. The van der Waals surface area contributed by atoms with Gasteiger partial charge in [0.1, 0.15) is 11.6 Å². The summed E-state index contributed by atoms with van der Waals surface area (Å²) in [5.41, 5.74) is 6.23. The van der Waals surface area contributed by atoms with Crippen LogP contribution in [0.15, 0.2) is 33.5 Å². The van der Waals surface area contributed by atoms with Gasteiger partial charge >= 0.3 is 0 Å². The molecule has 0 bridgehead atoms. The lowest BCUT2D eigenvalue weighted by Crippen LogP contribution is -2.09. The van der Waals surface area contributed by atoms with Crippen LogP contribution < -0.4 is 16.0 Å². The van der Waals surface area contributed by atoms with Crippen molar-refractivity contribution >= 4 is 15.9 Å². The number of nitrogens with zero attached hydrogens (tertiary/aromatic N) is 1. The minimum atomic E-state index is -0.246. The first-order valence-corrected chi connectivity index (χ1v) is 6.12. The summed E-state index contributed by atoms with van der Waals surface area (Å²) in [5, 5.41) is 0. The van der Waals surface area contributed by atoms with E-state index < -0.39 is 0 Å². The van der Waals surface area contributed by atoms with Crippen LogP contribution in [0.4, 0.5) is 0 Å². The fourth-order valence-electron chi connectivity index (χ4n) is 1.52. The van der Waals surface area contributed by atoms with E-state index in [0.29, 0.717) is 18.1 Å². The van der Waals surface area contributed by atoms with E-state index >= 15 is 0 Å². The normalized spacial score (nSPS) is 10.4. The fraction of sp³-hybridized carbons (Fsp3) is 0.167. The Labute approximate surface area is 112 Å². The second kappa shape index (κ2) is 5.32. The number of aromatic nitrogens is 2. The minimum absolute atomic E-state index is 0.246. The van der Waals surface area contributed by atoms with Gasteiger partial charge in [-0.15, -0.1) is 0 Å². The summed E-state index contributed by atoms with van der Waals surface area (Å²) >= 11 is 3.36. The Hall–Kier alpha value is -1.66. The van der Waals surface area contributed by atoms with Crippen LogP contribution >= 0.6 is 15.9 Å². The first-order valence-electron chi connectivity index (χ1n) is 5.33. The molecule has 0 unspecified atom stereocenters. The third kappa shape index (κ3) is 2.96. The van der Waals surface area contributed by atoms with Crippen molar-refractivity contribution in [2.24, 2.45) is 5.73 Å². The van der Waals surface area contributed by atoms with Crippen molar-refractivity contribution in [3.05, 3.63) is 50.5 Å². The quantitative estimate of drug-likeness (QED) is 0.909. The highest BCUT2D eigenvalue weighted by Crippen LogP contribution is 2.26. The molecule has 1 aromatic carbocycles. The molecule has 1 aromatic heterocycles. The summed E-state index contributed by atoms with van der Waals surface area (Å²) in [6.45, 7) is 2.04. The molecule has 94 valence electrons. The maximum atomic E-state index is 11.3. The van der Waals surface area contributed by atoms with Gasteiger partial charge in [0.15, 0.2) is 0 Å². The highest BCUT2D eigenvalue weighted by atomic mass is 79.9. The molecule has 0 aliphatic heterocycles. The number of hydrogen-bond donors (Lipinski definition) is 2. The number of benzene rings is 1. The number of hydrogen-bond acceptors (Lipinski definition) is 4. The molecule has 0 saturated carbocycles. The van der Waals surface area contributed by atoms with Crippen molar-refractivity contribution in [1.82, 2.24) is 9.97 Å². The molecule has 0 saturated heterocycles. The van der Waals surface area contributed by atoms with Gasteiger partial charge in [0.25, 0.3) is 5.56 Å². The SMILES string of the molecule is Cc1nc(Oc2ccc(Br)cc2CN)cc(=O)[nH]1. The molecule has 18 heavy (non-hydrogen) atoms. The van der Waals surface area contributed by atoms with Crippen LogP contribution in [-0.4, -0.2) is 9.97 Å². The Balaban J connectivity index is 2.36. The van der Waals surface area contributed by atoms with Gasteiger partial charge in [-0.25, -0.2) is 4.98 Å². The standard InChI is InChI=1S/C12H12BrN3O2/c1-7-15-11(17)5-12(16-7)18-10-3-2-9(13)4-8(10)6-14/h2-5H,6,14H2,1H3,(H,15,16,17). The van der Waals surface area contributed by atoms with Gasteiger partial charge in [-0.1, -0.05) is 15.9 Å². The van der Waals surface area contributed by atoms with Crippen molar-refractivity contribution in [1.29, 1.82) is 0 Å². The molecule has 3 N–H and O–H groups in total. The number of rotatable bonds is 3. The largest absolute Gasteiger partial charge is 0.438 e. The lowest BCUT2D eigenvalue weighted by atomic mass is 10.2. The summed E-state index contributed by atoms with van der Waals surface area (Å²) < 4.78 is 6.51. The van der Waals surface area contributed by atoms with Crippen LogP contribution in [0.3, 0.4) is 0 Å². The minimum Gasteiger partial charge on any atom is -0.438 e. The number of halogens is 1. The zero-order chi connectivity index (χ0) is 13.1. The Morgan fingerprint density at radius 2 is 2.22 bits per heavy atom. The number of H-pyrrole nitrogens is 1. The van der Waals surface area contributed by atoms with Gasteiger partial charge in [0.05, 0.1) is 6.07 Å². The zero-order valence-corrected chi connectivity index (χ0v) is 11.3. The van der Waals surface area contributed by atoms with Crippen molar-refractivity contribution < 1.29 is 4.74 Å². The van der Waals surface area contributed by atoms with E-state index in [9.17, 15) is 4.79 Å². The zero-order valence-electron chi connectivity index (χ0n) is 9.74. The number of aromatic amines is 1. The molecule has 0 radical (unpaired) electrons. The van der Waals surface area contributed by atoms with Gasteiger partial charge in [0.2, 0.25) is 5.88 Å². The summed E-state index contributed by atoms with van der Waals surface area (Å²) in [6.07, 6.45) is 0. The topological polar surface area (TPSA) is 81.0 Å². The molecular formula is C12H12BrN3O2. The van der Waals surface area contributed by atoms with Crippen molar-refractivity contribution in [3.8, 4) is 11.6 Å². The van der Waals surface area contributed by atoms with Crippen molar-refractivity contribution in [3.63, 3.8) is 0 Å². The molecular weight excluding hydrogens is 298 g/mol. The first kappa shape index (κ1) is 12.8. The third-order valence-corrected chi connectivity index (χ3v) is 2.79. The molecule has 2 aromatic rings. The lowest BCUT2D eigenvalue weighted by Gasteiger charge is -2.09. The van der Waals surface area contributed by atoms with Crippen molar-refractivity contribution in [2.45, 2.75) is 13.5 Å². The molecule has 0 fully saturated rings. The van der Waals surface area contributed by atoms with Gasteiger partial charge in [0, 0.05) is 16.6 Å². The van der Waals surface area contributed by atoms with Crippen LogP contribution in [0, 0.1) is 6.92 Å². The maximum Gasteiger partial charge on any atom is 0.254 e. The van der Waals surface area contributed by atoms with E-state index in [1.165, 1.54) is 6.07 Å². The van der Waals surface area contributed by atoms with Crippen LogP contribution in [0.5, 0.6) is 11.6 Å². The molecule has 0 atom stereocenters.